The molecule has 4 N–H and O–H groups in total. The second-order valence-corrected chi connectivity index (χ2v) is 11.1. The molecular weight excluding hydrogens is 494 g/mol. The van der Waals surface area contributed by atoms with Gasteiger partial charge in [-0.05, 0) is 46.1 Å². The van der Waals surface area contributed by atoms with Gasteiger partial charge in [0.2, 0.25) is 0 Å². The summed E-state index contributed by atoms with van der Waals surface area (Å²) in [6, 6.07) is 7.47. The number of pyridine rings is 1. The third-order valence-electron chi connectivity index (χ3n) is 7.04. The number of hydrogen-bond donors (Lipinski definition) is 2. The van der Waals surface area contributed by atoms with Crippen LogP contribution in [-0.4, -0.2) is 67.7 Å². The van der Waals surface area contributed by atoms with Crippen molar-refractivity contribution in [3.8, 4) is 0 Å². The van der Waals surface area contributed by atoms with Crippen LogP contribution in [0.2, 0.25) is 0 Å². The molecule has 1 fully saturated rings. The fourth-order valence-electron chi connectivity index (χ4n) is 5.10. The first-order valence-corrected chi connectivity index (χ1v) is 13.8. The number of ether oxygens (including phenoxy) is 1. The smallest absolute Gasteiger partial charge is 0.410 e. The number of unbranched alkanes of at least 4 members (excludes halogenated alkanes) is 1. The normalized spacial score (nSPS) is 14.9. The predicted molar refractivity (Wildman–Crippen MR) is 154 cm³/mol. The number of allylic oxidation sites excluding steroid dienone is 1. The van der Waals surface area contributed by atoms with Gasteiger partial charge in [-0.3, -0.25) is 0 Å². The first-order valence-electron chi connectivity index (χ1n) is 13.8. The standard InChI is InChI=1S/C29H41N7O3/c1-5-6-13-23-33-24-25(21-11-7-8-12-22(21)32-26(24)30)36(23)17-10-9-16-35(27(31)37)20-14-18-34(19-15-20)28(38)39-29(2,3)4/h7-12,20H,5-6,13-19H2,1-4H3,(H2,30,32)(H2,31,37)/b10-9+. The van der Waals surface area contributed by atoms with Crippen molar-refractivity contribution < 1.29 is 14.3 Å². The van der Waals surface area contributed by atoms with E-state index in [0.717, 1.165) is 47.0 Å². The van der Waals surface area contributed by atoms with E-state index >= 15 is 0 Å². The Morgan fingerprint density at radius 3 is 2.54 bits per heavy atom. The molecule has 2 aromatic heterocycles. The minimum atomic E-state index is -0.538. The van der Waals surface area contributed by atoms with Gasteiger partial charge in [-0.1, -0.05) is 43.7 Å². The molecule has 0 bridgehead atoms. The number of imidazole rings is 1. The average Bonchev–Trinajstić information content (AvgIpc) is 3.25. The van der Waals surface area contributed by atoms with Gasteiger partial charge in [-0.25, -0.2) is 19.6 Å². The number of carbonyl (C=O) groups excluding carboxylic acids is 2. The number of para-hydroxylation sites is 1. The highest BCUT2D eigenvalue weighted by Crippen LogP contribution is 2.29. The number of nitrogens with zero attached hydrogens (tertiary/aromatic N) is 5. The maximum atomic E-state index is 12.4. The van der Waals surface area contributed by atoms with Gasteiger partial charge < -0.3 is 30.6 Å². The second-order valence-electron chi connectivity index (χ2n) is 11.1. The van der Waals surface area contributed by atoms with Gasteiger partial charge in [0.05, 0.1) is 11.0 Å². The number of primary amides is 1. The van der Waals surface area contributed by atoms with Crippen LogP contribution in [0.15, 0.2) is 36.4 Å². The quantitative estimate of drug-likeness (QED) is 0.396. The zero-order chi connectivity index (χ0) is 28.2. The van der Waals surface area contributed by atoms with Crippen molar-refractivity contribution in [1.29, 1.82) is 0 Å². The monoisotopic (exact) mass is 535 g/mol. The lowest BCUT2D eigenvalue weighted by molar-refractivity contribution is 0.0169. The number of aromatic nitrogens is 3. The molecule has 0 aliphatic carbocycles. The lowest BCUT2D eigenvalue weighted by Gasteiger charge is -2.37. The van der Waals surface area contributed by atoms with E-state index in [4.69, 9.17) is 21.2 Å². The molecule has 0 radical (unpaired) electrons. The Morgan fingerprint density at radius 1 is 1.15 bits per heavy atom. The molecule has 0 spiro atoms. The van der Waals surface area contributed by atoms with Crippen molar-refractivity contribution in [2.45, 2.75) is 78.0 Å². The molecule has 210 valence electrons. The number of urea groups is 1. The average molecular weight is 536 g/mol. The van der Waals surface area contributed by atoms with Gasteiger partial charge in [0.15, 0.2) is 5.82 Å². The summed E-state index contributed by atoms with van der Waals surface area (Å²) in [5.41, 5.74) is 14.1. The van der Waals surface area contributed by atoms with Gasteiger partial charge in [0.1, 0.15) is 16.9 Å². The van der Waals surface area contributed by atoms with E-state index in [1.54, 1.807) is 9.80 Å². The van der Waals surface area contributed by atoms with Gasteiger partial charge >= 0.3 is 12.1 Å². The van der Waals surface area contributed by atoms with Gasteiger partial charge in [-0.15, -0.1) is 0 Å². The number of hydrogen-bond acceptors (Lipinski definition) is 6. The van der Waals surface area contributed by atoms with E-state index in [0.29, 0.717) is 44.8 Å². The lowest BCUT2D eigenvalue weighted by atomic mass is 10.0. The van der Waals surface area contributed by atoms with E-state index in [2.05, 4.69) is 16.5 Å². The molecule has 0 unspecified atom stereocenters. The third kappa shape index (κ3) is 6.61. The highest BCUT2D eigenvalue weighted by atomic mass is 16.6. The van der Waals surface area contributed by atoms with Crippen molar-refractivity contribution in [2.24, 2.45) is 5.73 Å². The van der Waals surface area contributed by atoms with Crippen LogP contribution in [-0.2, 0) is 17.7 Å². The molecule has 3 aromatic rings. The number of likely N-dealkylation sites (tertiary alicyclic amines) is 1. The Kier molecular flexibility index (Phi) is 8.62. The van der Waals surface area contributed by atoms with E-state index in [1.165, 1.54) is 0 Å². The summed E-state index contributed by atoms with van der Waals surface area (Å²) in [6.45, 7) is 9.76. The molecule has 1 aliphatic rings. The number of piperidine rings is 1. The molecule has 39 heavy (non-hydrogen) atoms. The first-order chi connectivity index (χ1) is 18.6. The molecule has 3 heterocycles. The summed E-state index contributed by atoms with van der Waals surface area (Å²) in [5.74, 6) is 1.41. The molecule has 4 rings (SSSR count). The molecule has 10 nitrogen and oxygen atoms in total. The Morgan fingerprint density at radius 2 is 1.87 bits per heavy atom. The van der Waals surface area contributed by atoms with Crippen LogP contribution >= 0.6 is 0 Å². The topological polar surface area (TPSA) is 133 Å². The fourth-order valence-corrected chi connectivity index (χ4v) is 5.10. The molecule has 1 aromatic carbocycles. The zero-order valence-corrected chi connectivity index (χ0v) is 23.5. The van der Waals surface area contributed by atoms with Gasteiger partial charge in [-0.2, -0.15) is 0 Å². The number of nitrogens with two attached hydrogens (primary N) is 2. The minimum Gasteiger partial charge on any atom is -0.444 e. The van der Waals surface area contributed by atoms with Crippen molar-refractivity contribution in [1.82, 2.24) is 24.3 Å². The molecule has 1 saturated heterocycles. The number of nitrogen functional groups attached to an aromatic ring is 1. The van der Waals surface area contributed by atoms with Crippen LogP contribution in [0.1, 0.15) is 59.2 Å². The van der Waals surface area contributed by atoms with Crippen molar-refractivity contribution in [3.63, 3.8) is 0 Å². The number of aryl methyl sites for hydroxylation is 1. The van der Waals surface area contributed by atoms with Crippen molar-refractivity contribution >= 4 is 39.9 Å². The molecule has 1 aliphatic heterocycles. The largest absolute Gasteiger partial charge is 0.444 e. The Hall–Kier alpha value is -3.82. The van der Waals surface area contributed by atoms with Gasteiger partial charge in [0.25, 0.3) is 0 Å². The maximum absolute atomic E-state index is 12.4. The van der Waals surface area contributed by atoms with Crippen LogP contribution in [0.25, 0.3) is 21.9 Å². The molecule has 0 atom stereocenters. The first kappa shape index (κ1) is 28.2. The highest BCUT2D eigenvalue weighted by Gasteiger charge is 2.30. The number of rotatable bonds is 8. The second kappa shape index (κ2) is 11.9. The molecule has 3 amide bonds. The van der Waals surface area contributed by atoms with E-state index in [-0.39, 0.29) is 12.1 Å². The van der Waals surface area contributed by atoms with Crippen molar-refractivity contribution in [3.05, 3.63) is 42.2 Å². The predicted octanol–water partition coefficient (Wildman–Crippen LogP) is 4.85. The minimum absolute atomic E-state index is 0.0326. The van der Waals surface area contributed by atoms with Crippen LogP contribution in [0.4, 0.5) is 15.4 Å². The van der Waals surface area contributed by atoms with Crippen LogP contribution in [0.5, 0.6) is 0 Å². The van der Waals surface area contributed by atoms with Gasteiger partial charge in [0, 0.05) is 44.0 Å². The zero-order valence-electron chi connectivity index (χ0n) is 23.5. The molecule has 0 saturated carbocycles. The molecular formula is C29H41N7O3. The number of benzene rings is 1. The summed E-state index contributed by atoms with van der Waals surface area (Å²) >= 11 is 0. The van der Waals surface area contributed by atoms with E-state index in [9.17, 15) is 9.59 Å². The number of amides is 3. The molecule has 10 heteroatoms. The Balaban J connectivity index is 1.48. The summed E-state index contributed by atoms with van der Waals surface area (Å²) in [7, 11) is 0. The number of carbonyl (C=O) groups is 2. The van der Waals surface area contributed by atoms with E-state index in [1.807, 2.05) is 57.2 Å². The third-order valence-corrected chi connectivity index (χ3v) is 7.04. The number of fused-ring (bicyclic) bond motifs is 3. The highest BCUT2D eigenvalue weighted by molar-refractivity contribution is 6.06. The summed E-state index contributed by atoms with van der Waals surface area (Å²) in [5, 5.41) is 1.01. The lowest BCUT2D eigenvalue weighted by Crippen LogP contribution is -2.51. The van der Waals surface area contributed by atoms with Crippen LogP contribution in [0.3, 0.4) is 0 Å². The van der Waals surface area contributed by atoms with Crippen molar-refractivity contribution in [2.75, 3.05) is 25.4 Å². The van der Waals surface area contributed by atoms with Crippen LogP contribution < -0.4 is 11.5 Å². The summed E-state index contributed by atoms with van der Waals surface area (Å²) in [6.07, 6.45) is 7.95. The fraction of sp³-hybridized carbons (Fsp3) is 0.517. The summed E-state index contributed by atoms with van der Waals surface area (Å²) in [4.78, 5) is 37.5. The summed E-state index contributed by atoms with van der Waals surface area (Å²) < 4.78 is 7.69. The maximum Gasteiger partial charge on any atom is 0.410 e. The van der Waals surface area contributed by atoms with Crippen LogP contribution in [0, 0.1) is 0 Å². The Bertz CT molecular complexity index is 1350. The number of anilines is 1. The Labute approximate surface area is 230 Å². The SMILES string of the molecule is CCCCc1nc2c(N)nc3ccccc3c2n1C/C=C/CN(C(N)=O)C1CCN(C(=O)OC(C)(C)C)CC1. The van der Waals surface area contributed by atoms with E-state index < -0.39 is 11.6 Å².